The fourth-order valence-corrected chi connectivity index (χ4v) is 3.05. The number of carbonyl (C=O) groups is 1. The van der Waals surface area contributed by atoms with E-state index in [1.807, 2.05) is 12.1 Å². The molecule has 2 N–H and O–H groups in total. The van der Waals surface area contributed by atoms with Crippen molar-refractivity contribution in [3.05, 3.63) is 35.4 Å². The highest BCUT2D eigenvalue weighted by Crippen LogP contribution is 2.28. The third kappa shape index (κ3) is 6.04. The van der Waals surface area contributed by atoms with Gasteiger partial charge in [-0.15, -0.1) is 12.4 Å². The molecule has 0 aromatic heterocycles. The van der Waals surface area contributed by atoms with Crippen LogP contribution in [-0.2, 0) is 22.3 Å². The number of aryl methyl sites for hydroxylation is 1. The first-order valence-electron chi connectivity index (χ1n) is 7.28. The van der Waals surface area contributed by atoms with E-state index < -0.39 is 11.1 Å². The van der Waals surface area contributed by atoms with Crippen LogP contribution in [0, 0.1) is 0 Å². The van der Waals surface area contributed by atoms with E-state index in [0.717, 1.165) is 25.9 Å². The molecule has 22 heavy (non-hydrogen) atoms. The largest absolute Gasteiger partial charge is 0.771 e. The van der Waals surface area contributed by atoms with Gasteiger partial charge in [0.2, 0.25) is 5.91 Å². The SMILES string of the molecule is Cl.O=C(CCc1ccccc1C1CCNCC1)NCS(=O)[O-]. The molecule has 1 saturated heterocycles. The Morgan fingerprint density at radius 3 is 2.68 bits per heavy atom. The first-order valence-corrected chi connectivity index (χ1v) is 8.52. The zero-order chi connectivity index (χ0) is 15.1. The van der Waals surface area contributed by atoms with E-state index >= 15 is 0 Å². The number of hydrogen-bond acceptors (Lipinski definition) is 4. The van der Waals surface area contributed by atoms with Crippen molar-refractivity contribution in [2.45, 2.75) is 31.6 Å². The van der Waals surface area contributed by atoms with Crippen LogP contribution >= 0.6 is 12.4 Å². The number of nitrogens with one attached hydrogen (secondary N) is 2. The second-order valence-corrected chi connectivity index (χ2v) is 6.17. The van der Waals surface area contributed by atoms with E-state index in [1.165, 1.54) is 11.1 Å². The maximum atomic E-state index is 11.6. The van der Waals surface area contributed by atoms with Crippen LogP contribution in [0.1, 0.15) is 36.3 Å². The van der Waals surface area contributed by atoms with Crippen molar-refractivity contribution in [1.82, 2.24) is 10.6 Å². The molecule has 0 spiro atoms. The van der Waals surface area contributed by atoms with E-state index in [2.05, 4.69) is 22.8 Å². The third-order valence-electron chi connectivity index (χ3n) is 3.84. The standard InChI is InChI=1S/C15H22N2O3S.ClH/c18-15(17-11-21(19)20)6-5-12-3-1-2-4-14(12)13-7-9-16-10-8-13;/h1-4,13,16H,5-11H2,(H,17,18)(H,19,20);1H/p-1. The fraction of sp³-hybridized carbons (Fsp3) is 0.533. The van der Waals surface area contributed by atoms with Crippen molar-refractivity contribution in [2.75, 3.05) is 19.0 Å². The maximum absolute atomic E-state index is 11.6. The van der Waals surface area contributed by atoms with Crippen LogP contribution in [0.5, 0.6) is 0 Å². The molecule has 7 heteroatoms. The molecule has 1 atom stereocenters. The third-order valence-corrected chi connectivity index (χ3v) is 4.22. The van der Waals surface area contributed by atoms with E-state index in [0.29, 0.717) is 18.8 Å². The van der Waals surface area contributed by atoms with Gasteiger partial charge in [-0.2, -0.15) is 0 Å². The van der Waals surface area contributed by atoms with Crippen LogP contribution in [0.3, 0.4) is 0 Å². The number of rotatable bonds is 6. The molecular formula is C15H22ClN2O3S-. The highest BCUT2D eigenvalue weighted by molar-refractivity contribution is 7.79. The van der Waals surface area contributed by atoms with Crippen LogP contribution in [0.2, 0.25) is 0 Å². The van der Waals surface area contributed by atoms with Gasteiger partial charge in [0, 0.05) is 6.42 Å². The number of hydrogen-bond donors (Lipinski definition) is 2. The van der Waals surface area contributed by atoms with Gasteiger partial charge < -0.3 is 15.2 Å². The summed E-state index contributed by atoms with van der Waals surface area (Å²) in [6.07, 6.45) is 3.22. The van der Waals surface area contributed by atoms with Gasteiger partial charge in [-0.05, 0) is 60.5 Å². The van der Waals surface area contributed by atoms with Gasteiger partial charge >= 0.3 is 0 Å². The van der Waals surface area contributed by atoms with Crippen molar-refractivity contribution in [2.24, 2.45) is 0 Å². The topological polar surface area (TPSA) is 81.3 Å². The summed E-state index contributed by atoms with van der Waals surface area (Å²) in [6.45, 7) is 2.07. The Hall–Kier alpha value is -0.950. The lowest BCUT2D eigenvalue weighted by Crippen LogP contribution is -2.28. The molecule has 0 aliphatic carbocycles. The highest BCUT2D eigenvalue weighted by atomic mass is 35.5. The minimum absolute atomic E-state index is 0. The Balaban J connectivity index is 0.00000242. The van der Waals surface area contributed by atoms with Crippen molar-refractivity contribution in [3.63, 3.8) is 0 Å². The molecule has 1 amide bonds. The average Bonchev–Trinajstić information content (AvgIpc) is 2.52. The Bertz CT molecular complexity index is 507. The van der Waals surface area contributed by atoms with Gasteiger partial charge in [0.05, 0.1) is 5.88 Å². The predicted octanol–water partition coefficient (Wildman–Crippen LogP) is 1.46. The molecular weight excluding hydrogens is 324 g/mol. The first-order chi connectivity index (χ1) is 10.2. The van der Waals surface area contributed by atoms with Gasteiger partial charge in [0.25, 0.3) is 0 Å². The number of halogens is 1. The van der Waals surface area contributed by atoms with Gasteiger partial charge in [0.1, 0.15) is 0 Å². The van der Waals surface area contributed by atoms with Gasteiger partial charge in [-0.3, -0.25) is 9.00 Å². The zero-order valence-electron chi connectivity index (χ0n) is 12.4. The van der Waals surface area contributed by atoms with Crippen molar-refractivity contribution >= 4 is 29.4 Å². The molecule has 1 aliphatic heterocycles. The lowest BCUT2D eigenvalue weighted by Gasteiger charge is -2.25. The lowest BCUT2D eigenvalue weighted by atomic mass is 9.86. The van der Waals surface area contributed by atoms with Crippen molar-refractivity contribution < 1.29 is 13.6 Å². The summed E-state index contributed by atoms with van der Waals surface area (Å²) < 4.78 is 20.8. The quantitative estimate of drug-likeness (QED) is 0.765. The number of piperidine rings is 1. The van der Waals surface area contributed by atoms with Gasteiger partial charge in [-0.1, -0.05) is 24.3 Å². The summed E-state index contributed by atoms with van der Waals surface area (Å²) in [5.41, 5.74) is 2.53. The molecule has 1 fully saturated rings. The molecule has 1 aromatic rings. The molecule has 1 aliphatic rings. The average molecular weight is 346 g/mol. The van der Waals surface area contributed by atoms with E-state index in [9.17, 15) is 13.6 Å². The van der Waals surface area contributed by atoms with Crippen LogP contribution in [-0.4, -0.2) is 33.6 Å². The van der Waals surface area contributed by atoms with E-state index in [1.54, 1.807) is 0 Å². The van der Waals surface area contributed by atoms with Gasteiger partial charge in [0.15, 0.2) is 0 Å². The Morgan fingerprint density at radius 1 is 1.32 bits per heavy atom. The number of carbonyl (C=O) groups excluding carboxylic acids is 1. The number of benzene rings is 1. The summed E-state index contributed by atoms with van der Waals surface area (Å²) in [7, 11) is 0. The van der Waals surface area contributed by atoms with Crippen LogP contribution in [0.25, 0.3) is 0 Å². The Morgan fingerprint density at radius 2 is 2.00 bits per heavy atom. The smallest absolute Gasteiger partial charge is 0.221 e. The summed E-state index contributed by atoms with van der Waals surface area (Å²) in [4.78, 5) is 11.6. The van der Waals surface area contributed by atoms with Crippen molar-refractivity contribution in [3.8, 4) is 0 Å². The molecule has 0 saturated carbocycles. The molecule has 0 bridgehead atoms. The molecule has 1 heterocycles. The summed E-state index contributed by atoms with van der Waals surface area (Å²) in [5, 5.41) is 5.75. The Labute approximate surface area is 140 Å². The normalized spacial score (nSPS) is 16.6. The molecule has 5 nitrogen and oxygen atoms in total. The monoisotopic (exact) mass is 345 g/mol. The molecule has 2 rings (SSSR count). The molecule has 1 aromatic carbocycles. The highest BCUT2D eigenvalue weighted by Gasteiger charge is 2.18. The lowest BCUT2D eigenvalue weighted by molar-refractivity contribution is -0.120. The van der Waals surface area contributed by atoms with Crippen LogP contribution < -0.4 is 10.6 Å². The van der Waals surface area contributed by atoms with E-state index in [-0.39, 0.29) is 24.2 Å². The summed E-state index contributed by atoms with van der Waals surface area (Å²) in [5.74, 6) is 0.0216. The zero-order valence-corrected chi connectivity index (χ0v) is 14.0. The first kappa shape index (κ1) is 19.1. The molecule has 124 valence electrons. The van der Waals surface area contributed by atoms with Crippen LogP contribution in [0.4, 0.5) is 0 Å². The minimum atomic E-state index is -2.23. The fourth-order valence-electron chi connectivity index (χ4n) is 2.77. The Kier molecular flexibility index (Phi) is 8.63. The summed E-state index contributed by atoms with van der Waals surface area (Å²) in [6, 6.07) is 8.25. The van der Waals surface area contributed by atoms with Crippen molar-refractivity contribution in [1.29, 1.82) is 0 Å². The summed E-state index contributed by atoms with van der Waals surface area (Å²) >= 11 is -2.23. The minimum Gasteiger partial charge on any atom is -0.771 e. The predicted molar refractivity (Wildman–Crippen MR) is 88.8 cm³/mol. The van der Waals surface area contributed by atoms with Gasteiger partial charge in [-0.25, -0.2) is 0 Å². The maximum Gasteiger partial charge on any atom is 0.221 e. The number of amides is 1. The second-order valence-electron chi connectivity index (χ2n) is 5.27. The second kappa shape index (κ2) is 9.94. The molecule has 1 unspecified atom stereocenters. The van der Waals surface area contributed by atoms with Crippen LogP contribution in [0.15, 0.2) is 24.3 Å². The van der Waals surface area contributed by atoms with E-state index in [4.69, 9.17) is 0 Å². The molecule has 0 radical (unpaired) electrons.